The van der Waals surface area contributed by atoms with E-state index in [4.69, 9.17) is 9.47 Å². The predicted octanol–water partition coefficient (Wildman–Crippen LogP) is 2.59. The van der Waals surface area contributed by atoms with Crippen molar-refractivity contribution < 1.29 is 19.1 Å². The maximum atomic E-state index is 12.7. The van der Waals surface area contributed by atoms with Gasteiger partial charge in [0.1, 0.15) is 0 Å². The van der Waals surface area contributed by atoms with E-state index in [-0.39, 0.29) is 17.5 Å². The number of aromatic nitrogens is 3. The number of hydrogen-bond donors (Lipinski definition) is 1. The Labute approximate surface area is 167 Å². The second-order valence-corrected chi connectivity index (χ2v) is 6.91. The summed E-state index contributed by atoms with van der Waals surface area (Å²) < 4.78 is 12.4. The standard InChI is InChI=1S/C21H23N3O5/c1-12-9-17(14(3)24(12)13(2)10-28-4)18(25)11-29-21(27)19-15-7-5-6-8-16(15)20(26)23-22-19/h5-9,13H,10-11H2,1-4H3,(H,23,26). The molecule has 1 unspecified atom stereocenters. The number of Topliss-reactive ketones (excluding diaryl/α,β-unsaturated/α-hetero) is 1. The molecule has 8 heteroatoms. The van der Waals surface area contributed by atoms with E-state index >= 15 is 0 Å². The molecule has 0 fully saturated rings. The van der Waals surface area contributed by atoms with Crippen LogP contribution in [0, 0.1) is 13.8 Å². The molecule has 2 aromatic heterocycles. The molecule has 0 radical (unpaired) electrons. The van der Waals surface area contributed by atoms with Gasteiger partial charge in [0.15, 0.2) is 12.3 Å². The van der Waals surface area contributed by atoms with Gasteiger partial charge in [0.25, 0.3) is 5.56 Å². The summed E-state index contributed by atoms with van der Waals surface area (Å²) >= 11 is 0. The first-order valence-electron chi connectivity index (χ1n) is 9.20. The first kappa shape index (κ1) is 20.5. The molecule has 1 N–H and O–H groups in total. The summed E-state index contributed by atoms with van der Waals surface area (Å²) in [7, 11) is 1.63. The Morgan fingerprint density at radius 2 is 1.90 bits per heavy atom. The second kappa shape index (κ2) is 8.40. The SMILES string of the molecule is COCC(C)n1c(C)cc(C(=O)COC(=O)c2n[nH]c(=O)c3ccccc23)c1C. The fourth-order valence-electron chi connectivity index (χ4n) is 3.60. The molecular weight excluding hydrogens is 374 g/mol. The van der Waals surface area contributed by atoms with Crippen molar-refractivity contribution in [3.05, 3.63) is 63.3 Å². The van der Waals surface area contributed by atoms with E-state index in [1.54, 1.807) is 37.4 Å². The number of rotatable bonds is 7. The van der Waals surface area contributed by atoms with Crippen LogP contribution in [-0.2, 0) is 9.47 Å². The lowest BCUT2D eigenvalue weighted by molar-refractivity contribution is 0.0469. The minimum absolute atomic E-state index is 0.0350. The van der Waals surface area contributed by atoms with E-state index in [1.165, 1.54) is 0 Å². The Bertz CT molecular complexity index is 1130. The highest BCUT2D eigenvalue weighted by atomic mass is 16.5. The lowest BCUT2D eigenvalue weighted by Gasteiger charge is -2.17. The number of carbonyl (C=O) groups excluding carboxylic acids is 2. The number of aromatic amines is 1. The Kier molecular flexibility index (Phi) is 5.93. The second-order valence-electron chi connectivity index (χ2n) is 6.91. The monoisotopic (exact) mass is 397 g/mol. The summed E-state index contributed by atoms with van der Waals surface area (Å²) in [6.07, 6.45) is 0. The largest absolute Gasteiger partial charge is 0.452 e. The summed E-state index contributed by atoms with van der Waals surface area (Å²) in [6.45, 7) is 5.87. The van der Waals surface area contributed by atoms with Gasteiger partial charge in [-0.2, -0.15) is 5.10 Å². The van der Waals surface area contributed by atoms with Gasteiger partial charge in [0.05, 0.1) is 18.0 Å². The van der Waals surface area contributed by atoms with Crippen molar-refractivity contribution in [2.24, 2.45) is 0 Å². The van der Waals surface area contributed by atoms with E-state index < -0.39 is 18.1 Å². The van der Waals surface area contributed by atoms with Crippen LogP contribution in [0.2, 0.25) is 0 Å². The van der Waals surface area contributed by atoms with Crippen LogP contribution in [0.15, 0.2) is 35.1 Å². The Balaban J connectivity index is 1.78. The van der Waals surface area contributed by atoms with Crippen LogP contribution in [0.25, 0.3) is 10.8 Å². The van der Waals surface area contributed by atoms with Crippen LogP contribution in [0.5, 0.6) is 0 Å². The number of esters is 1. The molecule has 0 spiro atoms. The van der Waals surface area contributed by atoms with Crippen molar-refractivity contribution in [2.75, 3.05) is 20.3 Å². The summed E-state index contributed by atoms with van der Waals surface area (Å²) in [5, 5.41) is 6.78. The Morgan fingerprint density at radius 1 is 1.21 bits per heavy atom. The van der Waals surface area contributed by atoms with E-state index in [9.17, 15) is 14.4 Å². The molecule has 1 aromatic carbocycles. The van der Waals surface area contributed by atoms with Gasteiger partial charge < -0.3 is 14.0 Å². The van der Waals surface area contributed by atoms with Gasteiger partial charge in [0.2, 0.25) is 5.78 Å². The number of fused-ring (bicyclic) bond motifs is 1. The van der Waals surface area contributed by atoms with Gasteiger partial charge in [-0.15, -0.1) is 0 Å². The normalized spacial score (nSPS) is 12.1. The average Bonchev–Trinajstić information content (AvgIpc) is 3.00. The molecule has 3 aromatic rings. The van der Waals surface area contributed by atoms with E-state index in [1.807, 2.05) is 25.3 Å². The first-order valence-corrected chi connectivity index (χ1v) is 9.20. The van der Waals surface area contributed by atoms with Crippen LogP contribution < -0.4 is 5.56 Å². The smallest absolute Gasteiger partial charge is 0.359 e. The molecule has 2 heterocycles. The molecular formula is C21H23N3O5. The summed E-state index contributed by atoms with van der Waals surface area (Å²) in [4.78, 5) is 37.0. The highest BCUT2D eigenvalue weighted by Crippen LogP contribution is 2.21. The number of ether oxygens (including phenoxy) is 2. The number of benzene rings is 1. The number of hydrogen-bond acceptors (Lipinski definition) is 6. The number of carbonyl (C=O) groups is 2. The number of methoxy groups -OCH3 is 1. The zero-order chi connectivity index (χ0) is 21.1. The number of nitrogens with zero attached hydrogens (tertiary/aromatic N) is 2. The third kappa shape index (κ3) is 3.97. The fourth-order valence-corrected chi connectivity index (χ4v) is 3.60. The maximum Gasteiger partial charge on any atom is 0.359 e. The van der Waals surface area contributed by atoms with Gasteiger partial charge in [-0.3, -0.25) is 9.59 Å². The minimum Gasteiger partial charge on any atom is -0.452 e. The molecule has 0 bridgehead atoms. The first-order chi connectivity index (χ1) is 13.8. The van der Waals surface area contributed by atoms with Crippen molar-refractivity contribution in [3.8, 4) is 0 Å². The fraction of sp³-hybridized carbons (Fsp3) is 0.333. The van der Waals surface area contributed by atoms with Crippen molar-refractivity contribution in [2.45, 2.75) is 26.8 Å². The zero-order valence-electron chi connectivity index (χ0n) is 16.8. The average molecular weight is 397 g/mol. The predicted molar refractivity (Wildman–Crippen MR) is 107 cm³/mol. The molecule has 0 aliphatic heterocycles. The van der Waals surface area contributed by atoms with Crippen molar-refractivity contribution in [1.82, 2.24) is 14.8 Å². The minimum atomic E-state index is -0.771. The molecule has 0 aliphatic rings. The molecule has 0 saturated heterocycles. The Morgan fingerprint density at radius 3 is 2.59 bits per heavy atom. The van der Waals surface area contributed by atoms with Crippen LogP contribution in [0.3, 0.4) is 0 Å². The number of aryl methyl sites for hydroxylation is 1. The maximum absolute atomic E-state index is 12.7. The highest BCUT2D eigenvalue weighted by molar-refractivity contribution is 6.04. The molecule has 152 valence electrons. The van der Waals surface area contributed by atoms with Crippen LogP contribution >= 0.6 is 0 Å². The van der Waals surface area contributed by atoms with Gasteiger partial charge in [-0.1, -0.05) is 18.2 Å². The van der Waals surface area contributed by atoms with Crippen molar-refractivity contribution >= 4 is 22.5 Å². The van der Waals surface area contributed by atoms with E-state index in [0.29, 0.717) is 22.9 Å². The van der Waals surface area contributed by atoms with Gasteiger partial charge in [0, 0.05) is 29.4 Å². The highest BCUT2D eigenvalue weighted by Gasteiger charge is 2.21. The molecule has 1 atom stereocenters. The lowest BCUT2D eigenvalue weighted by Crippen LogP contribution is -2.19. The summed E-state index contributed by atoms with van der Waals surface area (Å²) in [6, 6.07) is 8.44. The van der Waals surface area contributed by atoms with Gasteiger partial charge >= 0.3 is 5.97 Å². The van der Waals surface area contributed by atoms with Crippen molar-refractivity contribution in [1.29, 1.82) is 0 Å². The van der Waals surface area contributed by atoms with Crippen LogP contribution in [0.1, 0.15) is 45.2 Å². The Hall–Kier alpha value is -3.26. The number of H-pyrrole nitrogens is 1. The molecule has 0 aliphatic carbocycles. The van der Waals surface area contributed by atoms with E-state index in [2.05, 4.69) is 10.2 Å². The van der Waals surface area contributed by atoms with Gasteiger partial charge in [-0.05, 0) is 32.9 Å². The molecule has 0 amide bonds. The molecule has 29 heavy (non-hydrogen) atoms. The number of nitrogens with one attached hydrogen (secondary N) is 1. The van der Waals surface area contributed by atoms with Crippen LogP contribution in [0.4, 0.5) is 0 Å². The lowest BCUT2D eigenvalue weighted by atomic mass is 10.1. The molecule has 3 rings (SSSR count). The summed E-state index contributed by atoms with van der Waals surface area (Å²) in [5.41, 5.74) is 1.78. The molecule has 0 saturated carbocycles. The molecule has 8 nitrogen and oxygen atoms in total. The third-order valence-electron chi connectivity index (χ3n) is 4.86. The summed E-state index contributed by atoms with van der Waals surface area (Å²) in [5.74, 6) is -1.08. The van der Waals surface area contributed by atoms with Crippen molar-refractivity contribution in [3.63, 3.8) is 0 Å². The topological polar surface area (TPSA) is 103 Å². The zero-order valence-corrected chi connectivity index (χ0v) is 16.8. The van der Waals surface area contributed by atoms with Crippen LogP contribution in [-0.4, -0.2) is 46.8 Å². The third-order valence-corrected chi connectivity index (χ3v) is 4.86. The van der Waals surface area contributed by atoms with Gasteiger partial charge in [-0.25, -0.2) is 9.89 Å². The van der Waals surface area contributed by atoms with E-state index in [0.717, 1.165) is 11.4 Å². The number of ketones is 1. The quantitative estimate of drug-likeness (QED) is 0.485.